The Balaban J connectivity index is 1.33. The van der Waals surface area contributed by atoms with Crippen LogP contribution in [0.1, 0.15) is 22.3 Å². The highest BCUT2D eigenvalue weighted by molar-refractivity contribution is 6.22. The Morgan fingerprint density at radius 3 is 2.07 bits per heavy atom. The minimum Gasteiger partial charge on any atom is -0.289 e. The van der Waals surface area contributed by atoms with Gasteiger partial charge in [0.25, 0.3) is 0 Å². The van der Waals surface area contributed by atoms with Crippen LogP contribution in [0.4, 0.5) is 5.69 Å². The molecule has 2 bridgehead atoms. The zero-order valence-corrected chi connectivity index (χ0v) is 15.2. The lowest BCUT2D eigenvalue weighted by atomic mass is 9.85. The highest BCUT2D eigenvalue weighted by Gasteiger charge is 2.59. The van der Waals surface area contributed by atoms with Crippen molar-refractivity contribution < 1.29 is 14.4 Å². The van der Waals surface area contributed by atoms with Gasteiger partial charge in [-0.2, -0.15) is 0 Å². The molecule has 2 amide bonds. The molecule has 138 valence electrons. The van der Waals surface area contributed by atoms with Crippen LogP contribution < -0.4 is 4.90 Å². The van der Waals surface area contributed by atoms with E-state index in [0.29, 0.717) is 11.3 Å². The van der Waals surface area contributed by atoms with Crippen molar-refractivity contribution in [2.24, 2.45) is 23.7 Å². The number of rotatable bonds is 4. The topological polar surface area (TPSA) is 54.5 Å². The SMILES string of the molecule is O=C(/C=C/c1ccc(N2C(=O)[C@H]3[C@H](C2=O)[C@H]2C=C[C@H]3C2)cc1)c1ccccc1. The molecule has 1 aliphatic heterocycles. The van der Waals surface area contributed by atoms with Gasteiger partial charge in [0.15, 0.2) is 5.78 Å². The highest BCUT2D eigenvalue weighted by atomic mass is 16.2. The molecule has 0 spiro atoms. The second-order valence-electron chi connectivity index (χ2n) is 7.67. The minimum atomic E-state index is -0.189. The van der Waals surface area contributed by atoms with Crippen LogP contribution >= 0.6 is 0 Å². The largest absolute Gasteiger partial charge is 0.289 e. The first-order chi connectivity index (χ1) is 13.6. The van der Waals surface area contributed by atoms with E-state index in [1.54, 1.807) is 30.3 Å². The van der Waals surface area contributed by atoms with Gasteiger partial charge in [-0.05, 0) is 42.0 Å². The fourth-order valence-electron chi connectivity index (χ4n) is 4.76. The Hall–Kier alpha value is -3.27. The Labute approximate surface area is 163 Å². The lowest BCUT2D eigenvalue weighted by molar-refractivity contribution is -0.123. The van der Waals surface area contributed by atoms with Gasteiger partial charge in [0, 0.05) is 5.56 Å². The second kappa shape index (κ2) is 6.41. The molecular weight excluding hydrogens is 350 g/mol. The number of hydrogen-bond acceptors (Lipinski definition) is 3. The number of nitrogens with zero attached hydrogens (tertiary/aromatic N) is 1. The molecule has 2 aromatic rings. The van der Waals surface area contributed by atoms with Gasteiger partial charge in [-0.15, -0.1) is 0 Å². The first-order valence-corrected chi connectivity index (χ1v) is 9.57. The number of carbonyl (C=O) groups excluding carboxylic acids is 3. The predicted molar refractivity (Wildman–Crippen MR) is 106 cm³/mol. The summed E-state index contributed by atoms with van der Waals surface area (Å²) in [5.41, 5.74) is 2.09. The van der Waals surface area contributed by atoms with Crippen LogP contribution in [0.3, 0.4) is 0 Å². The van der Waals surface area contributed by atoms with Gasteiger partial charge in [-0.25, -0.2) is 0 Å². The van der Waals surface area contributed by atoms with Gasteiger partial charge in [-0.1, -0.05) is 60.7 Å². The molecule has 2 aromatic carbocycles. The third-order valence-electron chi connectivity index (χ3n) is 6.11. The summed E-state index contributed by atoms with van der Waals surface area (Å²) in [6.45, 7) is 0. The average Bonchev–Trinajstić information content (AvgIpc) is 3.41. The molecule has 0 N–H and O–H groups in total. The minimum absolute atomic E-state index is 0.0645. The summed E-state index contributed by atoms with van der Waals surface area (Å²) in [5, 5.41) is 0. The van der Waals surface area contributed by atoms with Crippen LogP contribution in [0.2, 0.25) is 0 Å². The van der Waals surface area contributed by atoms with Crippen molar-refractivity contribution in [2.75, 3.05) is 4.90 Å². The monoisotopic (exact) mass is 369 g/mol. The Morgan fingerprint density at radius 1 is 0.857 bits per heavy atom. The van der Waals surface area contributed by atoms with Crippen molar-refractivity contribution in [2.45, 2.75) is 6.42 Å². The second-order valence-corrected chi connectivity index (χ2v) is 7.67. The van der Waals surface area contributed by atoms with Crippen LogP contribution in [0.15, 0.2) is 72.8 Å². The Bertz CT molecular complexity index is 990. The number of allylic oxidation sites excluding steroid dienone is 3. The Kier molecular flexibility index (Phi) is 3.86. The number of imide groups is 1. The van der Waals surface area contributed by atoms with Crippen LogP contribution in [0.5, 0.6) is 0 Å². The lowest BCUT2D eigenvalue weighted by Gasteiger charge is -2.17. The van der Waals surface area contributed by atoms with E-state index in [2.05, 4.69) is 12.2 Å². The van der Waals surface area contributed by atoms with Crippen LogP contribution in [0, 0.1) is 23.7 Å². The van der Waals surface area contributed by atoms with E-state index >= 15 is 0 Å². The van der Waals surface area contributed by atoms with Crippen LogP contribution in [-0.2, 0) is 9.59 Å². The quantitative estimate of drug-likeness (QED) is 0.356. The van der Waals surface area contributed by atoms with E-state index in [-0.39, 0.29) is 41.3 Å². The molecule has 5 rings (SSSR count). The average molecular weight is 369 g/mol. The summed E-state index contributed by atoms with van der Waals surface area (Å²) in [6, 6.07) is 16.3. The third-order valence-corrected chi connectivity index (χ3v) is 6.11. The van der Waals surface area contributed by atoms with Crippen molar-refractivity contribution in [1.82, 2.24) is 0 Å². The van der Waals surface area contributed by atoms with Crippen LogP contribution in [0.25, 0.3) is 6.08 Å². The molecule has 3 aliphatic rings. The third kappa shape index (κ3) is 2.56. The predicted octanol–water partition coefficient (Wildman–Crippen LogP) is 3.89. The summed E-state index contributed by atoms with van der Waals surface area (Å²) in [5.74, 6) is -0.171. The van der Waals surface area contributed by atoms with Gasteiger partial charge in [0.1, 0.15) is 0 Å². The number of benzene rings is 2. The molecule has 4 heteroatoms. The summed E-state index contributed by atoms with van der Waals surface area (Å²) < 4.78 is 0. The molecular formula is C24H19NO3. The summed E-state index contributed by atoms with van der Waals surface area (Å²) in [7, 11) is 0. The van der Waals surface area contributed by atoms with Gasteiger partial charge in [-0.3, -0.25) is 19.3 Å². The zero-order chi connectivity index (χ0) is 19.3. The molecule has 2 aliphatic carbocycles. The fourth-order valence-corrected chi connectivity index (χ4v) is 4.76. The molecule has 4 nitrogen and oxygen atoms in total. The van der Waals surface area contributed by atoms with E-state index in [4.69, 9.17) is 0 Å². The van der Waals surface area contributed by atoms with Crippen molar-refractivity contribution in [3.05, 3.63) is 84.0 Å². The van der Waals surface area contributed by atoms with Crippen molar-refractivity contribution in [3.63, 3.8) is 0 Å². The van der Waals surface area contributed by atoms with E-state index in [9.17, 15) is 14.4 Å². The lowest BCUT2D eigenvalue weighted by Crippen LogP contribution is -2.32. The molecule has 28 heavy (non-hydrogen) atoms. The van der Waals surface area contributed by atoms with Crippen LogP contribution in [-0.4, -0.2) is 17.6 Å². The van der Waals surface area contributed by atoms with E-state index in [1.165, 1.54) is 11.0 Å². The maximum absolute atomic E-state index is 12.9. The molecule has 0 aromatic heterocycles. The molecule has 0 unspecified atom stereocenters. The van der Waals surface area contributed by atoms with Crippen molar-refractivity contribution in [1.29, 1.82) is 0 Å². The zero-order valence-electron chi connectivity index (χ0n) is 15.2. The van der Waals surface area contributed by atoms with Crippen molar-refractivity contribution >= 4 is 29.4 Å². The number of fused-ring (bicyclic) bond motifs is 5. The molecule has 1 saturated heterocycles. The van der Waals surface area contributed by atoms with E-state index in [1.807, 2.05) is 30.3 Å². The summed E-state index contributed by atoms with van der Waals surface area (Å²) in [4.78, 5) is 39.2. The number of amides is 2. The number of anilines is 1. The molecule has 2 fully saturated rings. The molecule has 4 atom stereocenters. The van der Waals surface area contributed by atoms with E-state index < -0.39 is 0 Å². The van der Waals surface area contributed by atoms with Gasteiger partial charge in [0.05, 0.1) is 17.5 Å². The first-order valence-electron chi connectivity index (χ1n) is 9.57. The number of ketones is 1. The normalized spacial score (nSPS) is 27.8. The number of carbonyl (C=O) groups is 3. The van der Waals surface area contributed by atoms with Gasteiger partial charge < -0.3 is 0 Å². The first kappa shape index (κ1) is 16.9. The van der Waals surface area contributed by atoms with Gasteiger partial charge in [0.2, 0.25) is 11.8 Å². The molecule has 1 heterocycles. The fraction of sp³-hybridized carbons (Fsp3) is 0.208. The number of hydrogen-bond donors (Lipinski definition) is 0. The van der Waals surface area contributed by atoms with E-state index in [0.717, 1.165) is 12.0 Å². The smallest absolute Gasteiger partial charge is 0.238 e. The molecule has 1 saturated carbocycles. The Morgan fingerprint density at radius 2 is 1.46 bits per heavy atom. The summed E-state index contributed by atoms with van der Waals surface area (Å²) >= 11 is 0. The summed E-state index contributed by atoms with van der Waals surface area (Å²) in [6.07, 6.45) is 8.39. The maximum Gasteiger partial charge on any atom is 0.238 e. The maximum atomic E-state index is 12.9. The standard InChI is InChI=1S/C24H19NO3/c26-20(16-4-2-1-3-5-16)13-8-15-6-11-19(12-7-15)25-23(27)21-17-9-10-18(14-17)22(21)24(25)28/h1-13,17-18,21-22H,14H2/b13-8+/t17-,18-,21+,22+/m0/s1. The molecule has 0 radical (unpaired) electrons. The highest BCUT2D eigenvalue weighted by Crippen LogP contribution is 2.53. The van der Waals surface area contributed by atoms with Gasteiger partial charge >= 0.3 is 0 Å². The van der Waals surface area contributed by atoms with Crippen molar-refractivity contribution in [3.8, 4) is 0 Å².